The van der Waals surface area contributed by atoms with E-state index in [-0.39, 0.29) is 11.4 Å². The van der Waals surface area contributed by atoms with Crippen molar-refractivity contribution in [2.24, 2.45) is 11.7 Å². The van der Waals surface area contributed by atoms with Gasteiger partial charge in [-0.2, -0.15) is 0 Å². The molecule has 72 valence electrons. The number of halogens is 1. The first kappa shape index (κ1) is 10.2. The molecule has 1 nitrogen and oxygen atoms in total. The van der Waals surface area contributed by atoms with Gasteiger partial charge in [-0.3, -0.25) is 0 Å². The first-order chi connectivity index (χ1) is 5.94. The fourth-order valence-electron chi connectivity index (χ4n) is 1.14. The van der Waals surface area contributed by atoms with Crippen molar-refractivity contribution in [2.75, 3.05) is 0 Å². The summed E-state index contributed by atoms with van der Waals surface area (Å²) in [5.74, 6) is 0.112. The Morgan fingerprint density at radius 1 is 1.23 bits per heavy atom. The second-order valence-electron chi connectivity index (χ2n) is 3.94. The standard InChI is InChI=1S/C11H16FN/c1-8(2)11(3,13)9-4-6-10(12)7-5-9/h4-8H,13H2,1-3H3/t11-/m0/s1. The molecule has 0 fully saturated rings. The normalized spacial score (nSPS) is 15.8. The first-order valence-electron chi connectivity index (χ1n) is 4.49. The largest absolute Gasteiger partial charge is 0.321 e. The summed E-state index contributed by atoms with van der Waals surface area (Å²) in [4.78, 5) is 0. The Hall–Kier alpha value is -0.890. The summed E-state index contributed by atoms with van der Waals surface area (Å²) < 4.78 is 12.6. The van der Waals surface area contributed by atoms with Gasteiger partial charge in [-0.25, -0.2) is 4.39 Å². The van der Waals surface area contributed by atoms with Crippen LogP contribution in [0.15, 0.2) is 24.3 Å². The molecule has 0 aliphatic carbocycles. The van der Waals surface area contributed by atoms with E-state index in [0.717, 1.165) is 5.56 Å². The minimum absolute atomic E-state index is 0.219. The van der Waals surface area contributed by atoms with E-state index in [1.807, 2.05) is 6.92 Å². The van der Waals surface area contributed by atoms with Crippen molar-refractivity contribution in [1.29, 1.82) is 0 Å². The van der Waals surface area contributed by atoms with E-state index < -0.39 is 0 Å². The highest BCUT2D eigenvalue weighted by molar-refractivity contribution is 5.24. The molecule has 0 heterocycles. The molecule has 2 heteroatoms. The van der Waals surface area contributed by atoms with Crippen molar-refractivity contribution in [1.82, 2.24) is 0 Å². The molecule has 1 aromatic rings. The summed E-state index contributed by atoms with van der Waals surface area (Å²) in [5, 5.41) is 0. The van der Waals surface area contributed by atoms with Crippen LogP contribution in [0, 0.1) is 11.7 Å². The molecule has 0 radical (unpaired) electrons. The summed E-state index contributed by atoms with van der Waals surface area (Å²) >= 11 is 0. The maximum absolute atomic E-state index is 12.6. The van der Waals surface area contributed by atoms with Gasteiger partial charge >= 0.3 is 0 Å². The van der Waals surface area contributed by atoms with E-state index in [2.05, 4.69) is 13.8 Å². The van der Waals surface area contributed by atoms with Gasteiger partial charge in [-0.1, -0.05) is 26.0 Å². The van der Waals surface area contributed by atoms with E-state index in [9.17, 15) is 4.39 Å². The molecule has 0 spiro atoms. The lowest BCUT2D eigenvalue weighted by atomic mass is 9.83. The zero-order valence-corrected chi connectivity index (χ0v) is 8.34. The molecule has 0 aliphatic heterocycles. The molecule has 0 saturated carbocycles. The van der Waals surface area contributed by atoms with E-state index in [1.165, 1.54) is 12.1 Å². The third-order valence-electron chi connectivity index (χ3n) is 2.67. The molecule has 0 bridgehead atoms. The molecule has 1 aromatic carbocycles. The second-order valence-corrected chi connectivity index (χ2v) is 3.94. The predicted octanol–water partition coefficient (Wildman–Crippen LogP) is 2.66. The molecule has 0 amide bonds. The van der Waals surface area contributed by atoms with Crippen LogP contribution in [0.2, 0.25) is 0 Å². The van der Waals surface area contributed by atoms with Gasteiger partial charge < -0.3 is 5.73 Å². The van der Waals surface area contributed by atoms with Gasteiger partial charge in [0.15, 0.2) is 0 Å². The highest BCUT2D eigenvalue weighted by atomic mass is 19.1. The lowest BCUT2D eigenvalue weighted by Gasteiger charge is -2.29. The summed E-state index contributed by atoms with van der Waals surface area (Å²) in [6.45, 7) is 6.08. The van der Waals surface area contributed by atoms with Crippen LogP contribution in [-0.2, 0) is 5.54 Å². The summed E-state index contributed by atoms with van der Waals surface area (Å²) in [5.41, 5.74) is 6.70. The average molecular weight is 181 g/mol. The van der Waals surface area contributed by atoms with Gasteiger partial charge in [-0.05, 0) is 30.5 Å². The summed E-state index contributed by atoms with van der Waals surface area (Å²) in [6, 6.07) is 6.39. The van der Waals surface area contributed by atoms with Gasteiger partial charge in [0.1, 0.15) is 5.82 Å². The minimum Gasteiger partial charge on any atom is -0.321 e. The molecule has 0 saturated heterocycles. The van der Waals surface area contributed by atoms with E-state index >= 15 is 0 Å². The zero-order valence-electron chi connectivity index (χ0n) is 8.34. The van der Waals surface area contributed by atoms with E-state index in [0.29, 0.717) is 5.92 Å². The van der Waals surface area contributed by atoms with E-state index in [1.54, 1.807) is 12.1 Å². The Labute approximate surface area is 78.8 Å². The molecular formula is C11H16FN. The van der Waals surface area contributed by atoms with Gasteiger partial charge in [0.25, 0.3) is 0 Å². The Bertz CT molecular complexity index is 275. The molecule has 2 N–H and O–H groups in total. The van der Waals surface area contributed by atoms with Crippen LogP contribution in [0.1, 0.15) is 26.3 Å². The third-order valence-corrected chi connectivity index (χ3v) is 2.67. The highest BCUT2D eigenvalue weighted by Gasteiger charge is 2.24. The van der Waals surface area contributed by atoms with Gasteiger partial charge in [0, 0.05) is 5.54 Å². The van der Waals surface area contributed by atoms with Gasteiger partial charge in [0.2, 0.25) is 0 Å². The quantitative estimate of drug-likeness (QED) is 0.745. The predicted molar refractivity (Wildman–Crippen MR) is 52.8 cm³/mol. The number of hydrogen-bond acceptors (Lipinski definition) is 1. The van der Waals surface area contributed by atoms with Crippen molar-refractivity contribution in [3.8, 4) is 0 Å². The first-order valence-corrected chi connectivity index (χ1v) is 4.49. The van der Waals surface area contributed by atoms with Crippen molar-refractivity contribution in [3.63, 3.8) is 0 Å². The maximum atomic E-state index is 12.6. The molecule has 13 heavy (non-hydrogen) atoms. The van der Waals surface area contributed by atoms with Crippen molar-refractivity contribution >= 4 is 0 Å². The summed E-state index contributed by atoms with van der Waals surface area (Å²) in [7, 11) is 0. The highest BCUT2D eigenvalue weighted by Crippen LogP contribution is 2.25. The van der Waals surface area contributed by atoms with Crippen LogP contribution in [0.4, 0.5) is 4.39 Å². The van der Waals surface area contributed by atoms with Gasteiger partial charge in [-0.15, -0.1) is 0 Å². The Morgan fingerprint density at radius 2 is 1.69 bits per heavy atom. The topological polar surface area (TPSA) is 26.0 Å². The van der Waals surface area contributed by atoms with Crippen LogP contribution < -0.4 is 5.73 Å². The maximum Gasteiger partial charge on any atom is 0.123 e. The lowest BCUT2D eigenvalue weighted by molar-refractivity contribution is 0.350. The van der Waals surface area contributed by atoms with Crippen LogP contribution in [-0.4, -0.2) is 0 Å². The number of hydrogen-bond donors (Lipinski definition) is 1. The monoisotopic (exact) mass is 181 g/mol. The smallest absolute Gasteiger partial charge is 0.123 e. The van der Waals surface area contributed by atoms with Crippen molar-refractivity contribution < 1.29 is 4.39 Å². The van der Waals surface area contributed by atoms with Crippen LogP contribution in [0.25, 0.3) is 0 Å². The third kappa shape index (κ3) is 2.07. The zero-order chi connectivity index (χ0) is 10.1. The van der Waals surface area contributed by atoms with E-state index in [4.69, 9.17) is 5.73 Å². The van der Waals surface area contributed by atoms with Gasteiger partial charge in [0.05, 0.1) is 0 Å². The average Bonchev–Trinajstić information content (AvgIpc) is 2.04. The molecule has 0 unspecified atom stereocenters. The van der Waals surface area contributed by atoms with Crippen LogP contribution in [0.3, 0.4) is 0 Å². The second kappa shape index (κ2) is 3.46. The molecular weight excluding hydrogens is 165 g/mol. The Balaban J connectivity index is 3.01. The molecule has 0 aromatic heterocycles. The number of nitrogens with two attached hydrogens (primary N) is 1. The molecule has 1 atom stereocenters. The molecule has 1 rings (SSSR count). The minimum atomic E-state index is -0.381. The van der Waals surface area contributed by atoms with Crippen LogP contribution in [0.5, 0.6) is 0 Å². The fraction of sp³-hybridized carbons (Fsp3) is 0.455. The number of rotatable bonds is 2. The van der Waals surface area contributed by atoms with Crippen molar-refractivity contribution in [2.45, 2.75) is 26.3 Å². The molecule has 0 aliphatic rings. The fourth-order valence-corrected chi connectivity index (χ4v) is 1.14. The summed E-state index contributed by atoms with van der Waals surface area (Å²) in [6.07, 6.45) is 0. The Morgan fingerprint density at radius 3 is 2.08 bits per heavy atom. The van der Waals surface area contributed by atoms with Crippen molar-refractivity contribution in [3.05, 3.63) is 35.6 Å². The van der Waals surface area contributed by atoms with Crippen LogP contribution >= 0.6 is 0 Å². The Kier molecular flexibility index (Phi) is 2.71. The SMILES string of the molecule is CC(C)[C@](C)(N)c1ccc(F)cc1. The lowest BCUT2D eigenvalue weighted by Crippen LogP contribution is -2.38. The number of benzene rings is 1.